The molecule has 0 fully saturated rings. The summed E-state index contributed by atoms with van der Waals surface area (Å²) in [5, 5.41) is 4.43. The highest BCUT2D eigenvalue weighted by Gasteiger charge is 2.22. The fourth-order valence-corrected chi connectivity index (χ4v) is 9.11. The number of nitrogens with zero attached hydrogens (tertiary/aromatic N) is 5. The molecule has 0 aliphatic carbocycles. The third-order valence-electron chi connectivity index (χ3n) is 11.9. The highest BCUT2D eigenvalue weighted by atomic mass is 16.3. The lowest BCUT2D eigenvalue weighted by Gasteiger charge is -2.16. The summed E-state index contributed by atoms with van der Waals surface area (Å²) >= 11 is 0. The van der Waals surface area contributed by atoms with Crippen molar-refractivity contribution in [3.05, 3.63) is 212 Å². The second-order valence-electron chi connectivity index (χ2n) is 15.5. The molecule has 0 unspecified atom stereocenters. The van der Waals surface area contributed by atoms with Gasteiger partial charge in [0.2, 0.25) is 0 Å². The monoisotopic (exact) mass is 811 g/mol. The molecule has 6 nitrogen and oxygen atoms in total. The number of aromatic nitrogens is 5. The number of fused-ring (bicyclic) bond motifs is 9. The van der Waals surface area contributed by atoms with Gasteiger partial charge in [-0.1, -0.05) is 158 Å². The van der Waals surface area contributed by atoms with Crippen LogP contribution in [0.1, 0.15) is 8.22 Å². The van der Waals surface area contributed by atoms with E-state index in [0.717, 1.165) is 66.1 Å². The minimum absolute atomic E-state index is 0.0713. The maximum Gasteiger partial charge on any atom is 0.166 e. The van der Waals surface area contributed by atoms with E-state index >= 15 is 0 Å². The van der Waals surface area contributed by atoms with Crippen LogP contribution >= 0.6 is 0 Å². The lowest BCUT2D eigenvalue weighted by atomic mass is 9.98. The van der Waals surface area contributed by atoms with Crippen LogP contribution in [0, 0.1) is 0 Å². The minimum atomic E-state index is -0.199. The average Bonchev–Trinajstić information content (AvgIpc) is 4.06. The van der Waals surface area contributed by atoms with E-state index in [1.165, 1.54) is 12.1 Å². The first-order chi connectivity index (χ1) is 33.7. The van der Waals surface area contributed by atoms with E-state index in [4.69, 9.17) is 24.9 Å². The van der Waals surface area contributed by atoms with Crippen LogP contribution in [-0.2, 0) is 0 Å². The number of benzene rings is 9. The summed E-state index contributed by atoms with van der Waals surface area (Å²) in [7, 11) is 0. The predicted molar refractivity (Wildman–Crippen MR) is 258 cm³/mol. The zero-order valence-electron chi connectivity index (χ0n) is 39.4. The summed E-state index contributed by atoms with van der Waals surface area (Å²) < 4.78 is 64.8. The van der Waals surface area contributed by atoms with Crippen molar-refractivity contribution in [1.82, 2.24) is 24.1 Å². The van der Waals surface area contributed by atoms with Gasteiger partial charge in [-0.05, 0) is 60.1 Å². The Hall–Kier alpha value is -8.61. The number of hydrogen-bond donors (Lipinski definition) is 0. The standard InChI is InChI=1S/C57H35N5O/c1-3-16-36(17-4-1)55-58-56(38-30-32-44-43-22-7-11-26-48(43)61(52(44)35-38)39-18-5-2-6-19-39)60-57(59-55)47-34-37(40-24-15-25-46-45-23-10-14-29-53(45)63-54(40)46)31-33-51(47)62-49-27-12-8-20-41(49)42-21-9-13-28-50(42)62/h1-35H/i8D,9D,20D,21D,27D,28D. The summed E-state index contributed by atoms with van der Waals surface area (Å²) in [4.78, 5) is 15.7. The summed E-state index contributed by atoms with van der Waals surface area (Å²) in [5.41, 5.74) is 9.01. The maximum absolute atomic E-state index is 9.34. The Morgan fingerprint density at radius 3 is 1.81 bits per heavy atom. The van der Waals surface area contributed by atoms with E-state index in [-0.39, 0.29) is 63.9 Å². The summed E-state index contributed by atoms with van der Waals surface area (Å²) in [6.07, 6.45) is 0. The molecular weight excluding hydrogens is 771 g/mol. The lowest BCUT2D eigenvalue weighted by molar-refractivity contribution is 0.670. The van der Waals surface area contributed by atoms with Gasteiger partial charge in [0, 0.05) is 60.3 Å². The quantitative estimate of drug-likeness (QED) is 0.168. The topological polar surface area (TPSA) is 61.7 Å². The number of hydrogen-bond acceptors (Lipinski definition) is 4. The van der Waals surface area contributed by atoms with Crippen molar-refractivity contribution in [2.24, 2.45) is 0 Å². The first-order valence-electron chi connectivity index (χ1n) is 23.7. The molecule has 0 amide bonds. The molecular formula is C57H35N5O. The van der Waals surface area contributed by atoms with Gasteiger partial charge in [0.25, 0.3) is 0 Å². The molecule has 0 saturated heterocycles. The fourth-order valence-electron chi connectivity index (χ4n) is 9.11. The molecule has 13 aromatic rings. The van der Waals surface area contributed by atoms with E-state index in [9.17, 15) is 2.74 Å². The lowest BCUT2D eigenvalue weighted by Crippen LogP contribution is -2.04. The molecule has 6 heteroatoms. The first-order valence-corrected chi connectivity index (χ1v) is 20.7. The molecule has 0 aliphatic rings. The van der Waals surface area contributed by atoms with Crippen LogP contribution in [0.3, 0.4) is 0 Å². The van der Waals surface area contributed by atoms with Gasteiger partial charge in [-0.25, -0.2) is 15.0 Å². The average molecular weight is 812 g/mol. The minimum Gasteiger partial charge on any atom is -0.455 e. The van der Waals surface area contributed by atoms with Crippen LogP contribution in [-0.4, -0.2) is 24.1 Å². The van der Waals surface area contributed by atoms with Crippen molar-refractivity contribution in [3.8, 4) is 56.7 Å². The summed E-state index contributed by atoms with van der Waals surface area (Å²) in [5.74, 6) is 1.11. The normalized spacial score (nSPS) is 13.1. The third kappa shape index (κ3) is 5.55. The van der Waals surface area contributed by atoms with Gasteiger partial charge in [0.05, 0.1) is 36.0 Å². The largest absolute Gasteiger partial charge is 0.455 e. The zero-order chi connectivity index (χ0) is 46.7. The highest BCUT2D eigenvalue weighted by molar-refractivity contribution is 6.12. The fraction of sp³-hybridized carbons (Fsp3) is 0. The Labute approximate surface area is 370 Å². The van der Waals surface area contributed by atoms with Crippen LogP contribution in [0.5, 0.6) is 0 Å². The van der Waals surface area contributed by atoms with Crippen LogP contribution in [0.15, 0.2) is 217 Å². The molecule has 294 valence electrons. The maximum atomic E-state index is 9.34. The number of para-hydroxylation sites is 6. The Kier molecular flexibility index (Phi) is 6.56. The molecule has 9 aromatic carbocycles. The molecule has 0 bridgehead atoms. The van der Waals surface area contributed by atoms with Gasteiger partial charge in [0.15, 0.2) is 17.5 Å². The summed E-state index contributed by atoms with van der Waals surface area (Å²) in [6, 6.07) is 56.1. The number of furan rings is 1. The molecule has 0 N–H and O–H groups in total. The van der Waals surface area contributed by atoms with Crippen molar-refractivity contribution in [2.45, 2.75) is 0 Å². The Balaban J connectivity index is 1.14. The highest BCUT2D eigenvalue weighted by Crippen LogP contribution is 2.42. The van der Waals surface area contributed by atoms with E-state index < -0.39 is 0 Å². The second kappa shape index (κ2) is 14.0. The van der Waals surface area contributed by atoms with Crippen LogP contribution in [0.25, 0.3) is 122 Å². The van der Waals surface area contributed by atoms with Crippen molar-refractivity contribution in [2.75, 3.05) is 0 Å². The van der Waals surface area contributed by atoms with Crippen LogP contribution < -0.4 is 0 Å². The van der Waals surface area contributed by atoms with Gasteiger partial charge in [-0.2, -0.15) is 0 Å². The van der Waals surface area contributed by atoms with E-state index in [1.807, 2.05) is 127 Å². The van der Waals surface area contributed by atoms with Gasteiger partial charge in [0.1, 0.15) is 11.2 Å². The molecule has 63 heavy (non-hydrogen) atoms. The SMILES string of the molecule is [2H]c1cc([2H])c2c(c1[2H])c1c([2H])c([2H])cc([2H])c1n2-c1ccc(-c2cccc3c2oc2ccccc23)cc1-c1nc(-c2ccccc2)nc(-c2ccc3c4ccccc4n(-c4ccccc4)c3c2)n1. The van der Waals surface area contributed by atoms with E-state index in [1.54, 1.807) is 4.57 Å². The zero-order valence-corrected chi connectivity index (χ0v) is 33.4. The second-order valence-corrected chi connectivity index (χ2v) is 15.5. The van der Waals surface area contributed by atoms with Crippen LogP contribution in [0.2, 0.25) is 0 Å². The van der Waals surface area contributed by atoms with Crippen molar-refractivity contribution in [1.29, 1.82) is 0 Å². The molecule has 0 spiro atoms. The van der Waals surface area contributed by atoms with Gasteiger partial charge in [-0.15, -0.1) is 0 Å². The van der Waals surface area contributed by atoms with Crippen molar-refractivity contribution in [3.63, 3.8) is 0 Å². The Morgan fingerprint density at radius 2 is 1.02 bits per heavy atom. The predicted octanol–water partition coefficient (Wildman–Crippen LogP) is 14.6. The van der Waals surface area contributed by atoms with E-state index in [0.29, 0.717) is 28.5 Å². The van der Waals surface area contributed by atoms with Gasteiger partial charge < -0.3 is 13.6 Å². The van der Waals surface area contributed by atoms with Gasteiger partial charge in [-0.3, -0.25) is 0 Å². The molecule has 0 radical (unpaired) electrons. The molecule has 4 aromatic heterocycles. The van der Waals surface area contributed by atoms with E-state index in [2.05, 4.69) is 41.0 Å². The molecule has 0 saturated carbocycles. The number of rotatable bonds is 6. The molecule has 13 rings (SSSR count). The van der Waals surface area contributed by atoms with Gasteiger partial charge >= 0.3 is 0 Å². The Morgan fingerprint density at radius 1 is 0.381 bits per heavy atom. The van der Waals surface area contributed by atoms with Crippen LogP contribution in [0.4, 0.5) is 0 Å². The Bertz CT molecular complexity index is 4210. The molecule has 0 atom stereocenters. The first kappa shape index (κ1) is 29.6. The molecule has 0 aliphatic heterocycles. The van der Waals surface area contributed by atoms with Crippen molar-refractivity contribution >= 4 is 65.6 Å². The molecule has 4 heterocycles. The van der Waals surface area contributed by atoms with Crippen molar-refractivity contribution < 1.29 is 12.6 Å². The summed E-state index contributed by atoms with van der Waals surface area (Å²) in [6.45, 7) is 0. The smallest absolute Gasteiger partial charge is 0.166 e. The third-order valence-corrected chi connectivity index (χ3v) is 11.9.